The van der Waals surface area contributed by atoms with Gasteiger partial charge >= 0.3 is 5.97 Å². The molecular formula is C13H12O3S. The van der Waals surface area contributed by atoms with Gasteiger partial charge in [0, 0.05) is 4.88 Å². The van der Waals surface area contributed by atoms with Crippen molar-refractivity contribution in [2.24, 2.45) is 0 Å². The van der Waals surface area contributed by atoms with Gasteiger partial charge in [-0.05, 0) is 47.7 Å². The molecule has 0 radical (unpaired) electrons. The number of hydrogen-bond donors (Lipinski definition) is 1. The number of aryl methyl sites for hydroxylation is 1. The molecule has 0 fully saturated rings. The van der Waals surface area contributed by atoms with E-state index in [1.54, 1.807) is 29.5 Å². The number of carbonyl (C=O) groups is 1. The molecule has 0 atom stereocenters. The maximum Gasteiger partial charge on any atom is 0.336 e. The first-order valence-corrected chi connectivity index (χ1v) is 5.97. The van der Waals surface area contributed by atoms with E-state index in [0.717, 1.165) is 16.0 Å². The Bertz CT molecular complexity index is 558. The maximum absolute atomic E-state index is 11.2. The van der Waals surface area contributed by atoms with Crippen LogP contribution in [0, 0.1) is 6.92 Å². The average molecular weight is 248 g/mol. The number of rotatable bonds is 3. The van der Waals surface area contributed by atoms with Crippen molar-refractivity contribution in [3.8, 4) is 16.9 Å². The first kappa shape index (κ1) is 11.7. The third-order valence-electron chi connectivity index (χ3n) is 2.61. The standard InChI is InChI=1S/C13H12O3S/c1-8-10(5-6-17-8)11-4-3-9(16-2)7-12(11)13(14)15/h3-7H,1-2H3,(H,14,15). The molecule has 0 unspecified atom stereocenters. The quantitative estimate of drug-likeness (QED) is 0.905. The van der Waals surface area contributed by atoms with Crippen molar-refractivity contribution in [1.29, 1.82) is 0 Å². The number of benzene rings is 1. The zero-order chi connectivity index (χ0) is 12.4. The van der Waals surface area contributed by atoms with Crippen LogP contribution in [0.4, 0.5) is 0 Å². The van der Waals surface area contributed by atoms with Gasteiger partial charge in [-0.1, -0.05) is 0 Å². The van der Waals surface area contributed by atoms with E-state index in [2.05, 4.69) is 0 Å². The van der Waals surface area contributed by atoms with Crippen LogP contribution in [0.1, 0.15) is 15.2 Å². The zero-order valence-electron chi connectivity index (χ0n) is 9.56. The van der Waals surface area contributed by atoms with Crippen LogP contribution in [0.3, 0.4) is 0 Å². The number of hydrogen-bond acceptors (Lipinski definition) is 3. The van der Waals surface area contributed by atoms with Crippen molar-refractivity contribution in [2.75, 3.05) is 7.11 Å². The second-order valence-corrected chi connectivity index (χ2v) is 4.73. The van der Waals surface area contributed by atoms with Crippen LogP contribution in [-0.2, 0) is 0 Å². The Labute approximate surface area is 103 Å². The third-order valence-corrected chi connectivity index (χ3v) is 3.45. The first-order chi connectivity index (χ1) is 8.13. The Morgan fingerprint density at radius 2 is 2.06 bits per heavy atom. The minimum absolute atomic E-state index is 0.269. The molecule has 0 spiro atoms. The van der Waals surface area contributed by atoms with Crippen molar-refractivity contribution < 1.29 is 14.6 Å². The number of methoxy groups -OCH3 is 1. The van der Waals surface area contributed by atoms with Crippen LogP contribution in [0.15, 0.2) is 29.6 Å². The van der Waals surface area contributed by atoms with Crippen molar-refractivity contribution in [1.82, 2.24) is 0 Å². The van der Waals surface area contributed by atoms with E-state index in [-0.39, 0.29) is 5.56 Å². The van der Waals surface area contributed by atoms with Gasteiger partial charge in [0.25, 0.3) is 0 Å². The average Bonchev–Trinajstić information content (AvgIpc) is 2.74. The van der Waals surface area contributed by atoms with Crippen LogP contribution in [-0.4, -0.2) is 18.2 Å². The van der Waals surface area contributed by atoms with Gasteiger partial charge in [0.15, 0.2) is 0 Å². The Balaban J connectivity index is 2.62. The number of aromatic carboxylic acids is 1. The van der Waals surface area contributed by atoms with E-state index in [1.807, 2.05) is 18.4 Å². The molecule has 0 amide bonds. The van der Waals surface area contributed by atoms with Gasteiger partial charge in [-0.25, -0.2) is 4.79 Å². The highest BCUT2D eigenvalue weighted by molar-refractivity contribution is 7.10. The summed E-state index contributed by atoms with van der Waals surface area (Å²) in [5, 5.41) is 11.2. The Morgan fingerprint density at radius 1 is 1.29 bits per heavy atom. The fourth-order valence-electron chi connectivity index (χ4n) is 1.73. The van der Waals surface area contributed by atoms with Gasteiger partial charge in [0.2, 0.25) is 0 Å². The second kappa shape index (κ2) is 4.59. The SMILES string of the molecule is COc1ccc(-c2ccsc2C)c(C(=O)O)c1. The third kappa shape index (κ3) is 2.17. The summed E-state index contributed by atoms with van der Waals surface area (Å²) >= 11 is 1.61. The lowest BCUT2D eigenvalue weighted by Crippen LogP contribution is -2.00. The van der Waals surface area contributed by atoms with Crippen LogP contribution in [0.5, 0.6) is 5.75 Å². The van der Waals surface area contributed by atoms with Crippen molar-refractivity contribution in [3.63, 3.8) is 0 Å². The molecule has 17 heavy (non-hydrogen) atoms. The second-order valence-electron chi connectivity index (χ2n) is 3.61. The number of thiophene rings is 1. The molecule has 0 aliphatic carbocycles. The van der Waals surface area contributed by atoms with Gasteiger partial charge in [0.05, 0.1) is 12.7 Å². The van der Waals surface area contributed by atoms with Crippen molar-refractivity contribution in [2.45, 2.75) is 6.92 Å². The highest BCUT2D eigenvalue weighted by Gasteiger charge is 2.14. The zero-order valence-corrected chi connectivity index (χ0v) is 10.4. The molecule has 2 rings (SSSR count). The summed E-state index contributed by atoms with van der Waals surface area (Å²) in [4.78, 5) is 12.4. The van der Waals surface area contributed by atoms with Gasteiger partial charge < -0.3 is 9.84 Å². The van der Waals surface area contributed by atoms with Crippen molar-refractivity contribution in [3.05, 3.63) is 40.1 Å². The Hall–Kier alpha value is -1.81. The number of ether oxygens (including phenoxy) is 1. The minimum Gasteiger partial charge on any atom is -0.497 e. The molecule has 1 heterocycles. The molecular weight excluding hydrogens is 236 g/mol. The monoisotopic (exact) mass is 248 g/mol. The lowest BCUT2D eigenvalue weighted by atomic mass is 10.0. The largest absolute Gasteiger partial charge is 0.497 e. The highest BCUT2D eigenvalue weighted by Crippen LogP contribution is 2.32. The van der Waals surface area contributed by atoms with E-state index in [1.165, 1.54) is 7.11 Å². The highest BCUT2D eigenvalue weighted by atomic mass is 32.1. The first-order valence-electron chi connectivity index (χ1n) is 5.09. The molecule has 3 nitrogen and oxygen atoms in total. The smallest absolute Gasteiger partial charge is 0.336 e. The van der Waals surface area contributed by atoms with E-state index in [9.17, 15) is 9.90 Å². The molecule has 88 valence electrons. The molecule has 0 bridgehead atoms. The van der Waals surface area contributed by atoms with Crippen molar-refractivity contribution >= 4 is 17.3 Å². The predicted molar refractivity (Wildman–Crippen MR) is 68.0 cm³/mol. The Morgan fingerprint density at radius 3 is 2.59 bits per heavy atom. The number of carboxylic acids is 1. The normalized spacial score (nSPS) is 10.2. The van der Waals surface area contributed by atoms with Crippen LogP contribution >= 0.6 is 11.3 Å². The molecule has 1 aromatic heterocycles. The molecule has 0 aliphatic rings. The summed E-state index contributed by atoms with van der Waals surface area (Å²) in [6, 6.07) is 7.05. The molecule has 2 aromatic rings. The molecule has 1 aromatic carbocycles. The van der Waals surface area contributed by atoms with E-state index in [0.29, 0.717) is 5.75 Å². The van der Waals surface area contributed by atoms with E-state index >= 15 is 0 Å². The van der Waals surface area contributed by atoms with Crippen LogP contribution in [0.25, 0.3) is 11.1 Å². The minimum atomic E-state index is -0.940. The summed E-state index contributed by atoms with van der Waals surface area (Å²) < 4.78 is 5.05. The topological polar surface area (TPSA) is 46.5 Å². The summed E-state index contributed by atoms with van der Waals surface area (Å²) in [6.07, 6.45) is 0. The lowest BCUT2D eigenvalue weighted by Gasteiger charge is -2.08. The molecule has 0 saturated carbocycles. The molecule has 0 saturated heterocycles. The lowest BCUT2D eigenvalue weighted by molar-refractivity contribution is 0.0697. The summed E-state index contributed by atoms with van der Waals surface area (Å²) in [5.74, 6) is -0.386. The summed E-state index contributed by atoms with van der Waals surface area (Å²) in [7, 11) is 1.52. The predicted octanol–water partition coefficient (Wildman–Crippen LogP) is 3.43. The summed E-state index contributed by atoms with van der Waals surface area (Å²) in [6.45, 7) is 1.98. The van der Waals surface area contributed by atoms with Gasteiger partial charge in [-0.3, -0.25) is 0 Å². The van der Waals surface area contributed by atoms with Gasteiger partial charge in [-0.15, -0.1) is 11.3 Å². The molecule has 1 N–H and O–H groups in total. The van der Waals surface area contributed by atoms with Crippen LogP contribution in [0.2, 0.25) is 0 Å². The van der Waals surface area contributed by atoms with E-state index < -0.39 is 5.97 Å². The van der Waals surface area contributed by atoms with Gasteiger partial charge in [0.1, 0.15) is 5.75 Å². The van der Waals surface area contributed by atoms with Crippen LogP contribution < -0.4 is 4.74 Å². The number of carboxylic acid groups (broad SMARTS) is 1. The molecule has 0 aliphatic heterocycles. The maximum atomic E-state index is 11.2. The van der Waals surface area contributed by atoms with Gasteiger partial charge in [-0.2, -0.15) is 0 Å². The molecule has 4 heteroatoms. The summed E-state index contributed by atoms with van der Waals surface area (Å²) in [5.41, 5.74) is 1.97. The Kier molecular flexibility index (Phi) is 3.15. The fourth-order valence-corrected chi connectivity index (χ4v) is 2.44. The van der Waals surface area contributed by atoms with E-state index in [4.69, 9.17) is 4.74 Å². The fraction of sp³-hybridized carbons (Fsp3) is 0.154.